The van der Waals surface area contributed by atoms with Gasteiger partial charge in [-0.2, -0.15) is 0 Å². The molecule has 0 bridgehead atoms. The Balaban J connectivity index is 0.000000693. The molecule has 36 heavy (non-hydrogen) atoms. The summed E-state index contributed by atoms with van der Waals surface area (Å²) in [5.74, 6) is 1.43. The minimum atomic E-state index is -0.513. The van der Waals surface area contributed by atoms with Crippen LogP contribution in [-0.4, -0.2) is 104 Å². The van der Waals surface area contributed by atoms with Crippen LogP contribution in [0.4, 0.5) is 0 Å². The van der Waals surface area contributed by atoms with Crippen LogP contribution in [0.5, 0.6) is 11.5 Å². The number of methoxy groups -OCH3 is 1. The van der Waals surface area contributed by atoms with Gasteiger partial charge in [0, 0.05) is 32.8 Å². The lowest BCUT2D eigenvalue weighted by molar-refractivity contribution is -0.123. The van der Waals surface area contributed by atoms with E-state index in [0.29, 0.717) is 17.7 Å². The van der Waals surface area contributed by atoms with Gasteiger partial charge in [0.1, 0.15) is 12.7 Å². The number of nitrogens with zero attached hydrogens (tertiary/aromatic N) is 2. The lowest BCUT2D eigenvalue weighted by Gasteiger charge is -2.38. The van der Waals surface area contributed by atoms with Crippen LogP contribution in [0.3, 0.4) is 0 Å². The van der Waals surface area contributed by atoms with E-state index in [1.807, 2.05) is 6.07 Å². The van der Waals surface area contributed by atoms with Gasteiger partial charge in [-0.05, 0) is 61.9 Å². The number of β-amino-alcohol motifs (C(OH)–C–C–N with tert-alkyl or cyclic N) is 1. The predicted octanol–water partition coefficient (Wildman–Crippen LogP) is 2.10. The molecule has 0 amide bonds. The van der Waals surface area contributed by atoms with Gasteiger partial charge in [0.15, 0.2) is 11.5 Å². The molecule has 0 saturated carbocycles. The molecule has 0 aliphatic carbocycles. The van der Waals surface area contributed by atoms with Crippen LogP contribution in [-0.2, 0) is 20.9 Å². The van der Waals surface area contributed by atoms with E-state index in [-0.39, 0.29) is 19.6 Å². The number of aliphatic hydroxyl groups excluding tert-OH is 1. The largest absolute Gasteiger partial charge is 0.493 e. The van der Waals surface area contributed by atoms with Gasteiger partial charge in [-0.25, -0.2) is 0 Å². The molecule has 1 spiro atoms. The number of benzene rings is 1. The van der Waals surface area contributed by atoms with Gasteiger partial charge in [0.05, 0.1) is 13.7 Å². The zero-order valence-electron chi connectivity index (χ0n) is 21.1. The highest BCUT2D eigenvalue weighted by Gasteiger charge is 2.37. The van der Waals surface area contributed by atoms with E-state index < -0.39 is 6.10 Å². The highest BCUT2D eigenvalue weighted by atomic mass is 16.5. The van der Waals surface area contributed by atoms with Crippen molar-refractivity contribution in [3.8, 4) is 11.5 Å². The van der Waals surface area contributed by atoms with E-state index in [2.05, 4.69) is 34.1 Å². The van der Waals surface area contributed by atoms with Gasteiger partial charge in [-0.1, -0.05) is 18.2 Å². The second kappa shape index (κ2) is 16.2. The summed E-state index contributed by atoms with van der Waals surface area (Å²) in [4.78, 5) is 21.5. The van der Waals surface area contributed by atoms with Crippen molar-refractivity contribution in [3.63, 3.8) is 0 Å². The van der Waals surface area contributed by atoms with Crippen LogP contribution in [0.1, 0.15) is 31.2 Å². The minimum absolute atomic E-state index is 0.250. The fourth-order valence-electron chi connectivity index (χ4n) is 4.81. The maximum absolute atomic E-state index is 10.3. The molecule has 1 aromatic rings. The van der Waals surface area contributed by atoms with E-state index in [0.717, 1.165) is 58.1 Å². The molecule has 0 radical (unpaired) electrons. The Hall–Kier alpha value is -2.66. The van der Waals surface area contributed by atoms with E-state index in [1.165, 1.54) is 24.8 Å². The first-order valence-electron chi connectivity index (χ1n) is 12.3. The summed E-state index contributed by atoms with van der Waals surface area (Å²) >= 11 is 0. The van der Waals surface area contributed by atoms with Gasteiger partial charge in [-0.3, -0.25) is 19.4 Å². The number of carboxylic acid groups (broad SMARTS) is 2. The van der Waals surface area contributed by atoms with Crippen molar-refractivity contribution in [2.75, 3.05) is 59.7 Å². The number of aliphatic hydroxyl groups is 1. The Morgan fingerprint density at radius 3 is 2.36 bits per heavy atom. The Labute approximate surface area is 213 Å². The SMILES string of the molecule is COc1cc(CN2CCC3(CCOC3)CC2)ccc1OCC(O)CN1CC=CCC1.O=CO.O=CO. The molecule has 0 aromatic heterocycles. The molecule has 1 unspecified atom stereocenters. The smallest absolute Gasteiger partial charge is 0.290 e. The second-order valence-electron chi connectivity index (χ2n) is 9.26. The molecule has 3 N–H and O–H groups in total. The number of ether oxygens (including phenoxy) is 3. The molecule has 3 heterocycles. The van der Waals surface area contributed by atoms with Gasteiger partial charge >= 0.3 is 0 Å². The number of likely N-dealkylation sites (tertiary alicyclic amines) is 1. The predicted molar refractivity (Wildman–Crippen MR) is 134 cm³/mol. The van der Waals surface area contributed by atoms with Crippen molar-refractivity contribution in [3.05, 3.63) is 35.9 Å². The lowest BCUT2D eigenvalue weighted by Crippen LogP contribution is -2.40. The van der Waals surface area contributed by atoms with Crippen molar-refractivity contribution in [2.24, 2.45) is 5.41 Å². The zero-order valence-corrected chi connectivity index (χ0v) is 21.1. The summed E-state index contributed by atoms with van der Waals surface area (Å²) in [6.45, 7) is 7.36. The second-order valence-corrected chi connectivity index (χ2v) is 9.26. The quantitative estimate of drug-likeness (QED) is 0.355. The fourth-order valence-corrected chi connectivity index (χ4v) is 4.81. The first-order valence-corrected chi connectivity index (χ1v) is 12.3. The summed E-state index contributed by atoms with van der Waals surface area (Å²) in [5, 5.41) is 24.1. The highest BCUT2D eigenvalue weighted by molar-refractivity contribution is 5.43. The molecule has 3 aliphatic rings. The maximum atomic E-state index is 10.3. The van der Waals surface area contributed by atoms with Crippen LogP contribution < -0.4 is 9.47 Å². The number of hydrogen-bond donors (Lipinski definition) is 3. The van der Waals surface area contributed by atoms with Crippen LogP contribution in [0.15, 0.2) is 30.4 Å². The molecular weight excluding hydrogens is 468 g/mol. The molecule has 1 aromatic carbocycles. The standard InChI is InChI=1S/C24H36N2O4.2CH2O2/c1-28-23-15-20(16-26-12-7-24(8-13-26)9-14-29-19-24)5-6-22(23)30-18-21(27)17-25-10-3-2-4-11-25;2*2-1-3/h2-3,5-6,15,21,27H,4,7-14,16-19H2,1H3;2*1H,(H,2,3). The zero-order chi connectivity index (χ0) is 26.2. The van der Waals surface area contributed by atoms with E-state index in [1.54, 1.807) is 7.11 Å². The molecule has 2 fully saturated rings. The molecule has 2 saturated heterocycles. The first kappa shape index (κ1) is 29.6. The van der Waals surface area contributed by atoms with Crippen LogP contribution >= 0.6 is 0 Å². The summed E-state index contributed by atoms with van der Waals surface area (Å²) < 4.78 is 17.1. The van der Waals surface area contributed by atoms with Crippen LogP contribution in [0.2, 0.25) is 0 Å². The third-order valence-corrected chi connectivity index (χ3v) is 6.78. The van der Waals surface area contributed by atoms with Gasteiger partial charge < -0.3 is 29.5 Å². The highest BCUT2D eigenvalue weighted by Crippen LogP contribution is 2.39. The van der Waals surface area contributed by atoms with E-state index in [9.17, 15) is 5.11 Å². The van der Waals surface area contributed by atoms with Crippen LogP contribution in [0, 0.1) is 5.41 Å². The van der Waals surface area contributed by atoms with Crippen molar-refractivity contribution in [2.45, 2.75) is 38.3 Å². The van der Waals surface area contributed by atoms with Gasteiger partial charge in [-0.15, -0.1) is 0 Å². The normalized spacial score (nSPS) is 19.8. The summed E-state index contributed by atoms with van der Waals surface area (Å²) in [5.41, 5.74) is 1.68. The van der Waals surface area contributed by atoms with E-state index in [4.69, 9.17) is 34.0 Å². The van der Waals surface area contributed by atoms with Crippen LogP contribution in [0.25, 0.3) is 0 Å². The molecule has 1 atom stereocenters. The Kier molecular flexibility index (Phi) is 13.3. The lowest BCUT2D eigenvalue weighted by atomic mass is 9.78. The summed E-state index contributed by atoms with van der Waals surface area (Å²) in [6.07, 6.45) is 8.57. The van der Waals surface area contributed by atoms with Crippen molar-refractivity contribution >= 4 is 12.9 Å². The van der Waals surface area contributed by atoms with Gasteiger partial charge in [0.25, 0.3) is 12.9 Å². The van der Waals surface area contributed by atoms with E-state index >= 15 is 0 Å². The number of piperidine rings is 1. The Bertz CT molecular complexity index is 797. The monoisotopic (exact) mass is 508 g/mol. The molecule has 10 heteroatoms. The Morgan fingerprint density at radius 2 is 1.78 bits per heavy atom. The molecule has 202 valence electrons. The first-order chi connectivity index (χ1) is 17.5. The third kappa shape index (κ3) is 9.77. The summed E-state index contributed by atoms with van der Waals surface area (Å²) in [6, 6.07) is 6.16. The minimum Gasteiger partial charge on any atom is -0.493 e. The average molecular weight is 509 g/mol. The molecule has 10 nitrogen and oxygen atoms in total. The van der Waals surface area contributed by atoms with Crippen molar-refractivity contribution in [1.29, 1.82) is 0 Å². The molecule has 3 aliphatic heterocycles. The summed E-state index contributed by atoms with van der Waals surface area (Å²) in [7, 11) is 1.67. The fraction of sp³-hybridized carbons (Fsp3) is 0.615. The molecular formula is C26H40N2O8. The maximum Gasteiger partial charge on any atom is 0.290 e. The van der Waals surface area contributed by atoms with Crippen molar-refractivity contribution in [1.82, 2.24) is 9.80 Å². The topological polar surface area (TPSA) is 129 Å². The number of hydrogen-bond acceptors (Lipinski definition) is 8. The van der Waals surface area contributed by atoms with Crippen molar-refractivity contribution < 1.29 is 39.1 Å². The Morgan fingerprint density at radius 1 is 1.06 bits per heavy atom. The number of rotatable bonds is 8. The number of carbonyl (C=O) groups is 2. The van der Waals surface area contributed by atoms with Gasteiger partial charge in [0.2, 0.25) is 0 Å². The molecule has 4 rings (SSSR count). The third-order valence-electron chi connectivity index (χ3n) is 6.78. The average Bonchev–Trinajstić information content (AvgIpc) is 3.34.